The smallest absolute Gasteiger partial charge is 0.311 e. The Morgan fingerprint density at radius 1 is 1.50 bits per heavy atom. The van der Waals surface area contributed by atoms with Crippen molar-refractivity contribution in [1.82, 2.24) is 0 Å². The predicted molar refractivity (Wildman–Crippen MR) is 50.6 cm³/mol. The second-order valence-corrected chi connectivity index (χ2v) is 3.48. The van der Waals surface area contributed by atoms with Gasteiger partial charge in [-0.05, 0) is 17.5 Å². The Balaban J connectivity index is 2.30. The van der Waals surface area contributed by atoms with Crippen LogP contribution in [0.3, 0.4) is 0 Å². The van der Waals surface area contributed by atoms with Crippen LogP contribution in [-0.2, 0) is 16.0 Å². The van der Waals surface area contributed by atoms with Gasteiger partial charge >= 0.3 is 5.97 Å². The van der Waals surface area contributed by atoms with Gasteiger partial charge in [-0.2, -0.15) is 0 Å². The van der Waals surface area contributed by atoms with Crippen molar-refractivity contribution >= 4 is 5.97 Å². The van der Waals surface area contributed by atoms with Gasteiger partial charge in [0.25, 0.3) is 0 Å². The highest BCUT2D eigenvalue weighted by Crippen LogP contribution is 2.36. The molecule has 1 N–H and O–H groups in total. The van der Waals surface area contributed by atoms with Gasteiger partial charge in [0, 0.05) is 0 Å². The Bertz CT molecular complexity index is 359. The summed E-state index contributed by atoms with van der Waals surface area (Å²) in [5.74, 6) is -0.772. The van der Waals surface area contributed by atoms with Crippen LogP contribution in [0.25, 0.3) is 0 Å². The van der Waals surface area contributed by atoms with Gasteiger partial charge in [0.2, 0.25) is 0 Å². The molecule has 74 valence electrons. The number of ether oxygens (including phenoxy) is 1. The van der Waals surface area contributed by atoms with Gasteiger partial charge in [0.05, 0.1) is 19.1 Å². The number of hydrogen-bond donors (Lipinski definition) is 1. The zero-order valence-corrected chi connectivity index (χ0v) is 7.93. The minimum atomic E-state index is -0.710. The van der Waals surface area contributed by atoms with Crippen molar-refractivity contribution < 1.29 is 14.6 Å². The molecular weight excluding hydrogens is 180 g/mol. The number of aliphatic hydroxyl groups is 1. The average molecular weight is 192 g/mol. The van der Waals surface area contributed by atoms with E-state index in [0.29, 0.717) is 6.42 Å². The van der Waals surface area contributed by atoms with Gasteiger partial charge in [-0.1, -0.05) is 24.3 Å². The maximum atomic E-state index is 11.3. The molecular formula is C11H12O3. The summed E-state index contributed by atoms with van der Waals surface area (Å²) >= 11 is 0. The van der Waals surface area contributed by atoms with Crippen LogP contribution in [0.1, 0.15) is 17.2 Å². The van der Waals surface area contributed by atoms with E-state index in [1.807, 2.05) is 24.3 Å². The van der Waals surface area contributed by atoms with E-state index in [4.69, 9.17) is 0 Å². The summed E-state index contributed by atoms with van der Waals surface area (Å²) in [6.45, 7) is 0. The Morgan fingerprint density at radius 2 is 2.21 bits per heavy atom. The lowest BCUT2D eigenvalue weighted by molar-refractivity contribution is -0.148. The summed E-state index contributed by atoms with van der Waals surface area (Å²) in [4.78, 5) is 11.3. The van der Waals surface area contributed by atoms with Crippen LogP contribution in [0.15, 0.2) is 24.3 Å². The lowest BCUT2D eigenvalue weighted by Gasteiger charge is -2.11. The molecule has 0 aromatic heterocycles. The molecule has 1 aliphatic carbocycles. The summed E-state index contributed by atoms with van der Waals surface area (Å²) in [5.41, 5.74) is 1.89. The number of rotatable bonds is 1. The van der Waals surface area contributed by atoms with Crippen molar-refractivity contribution in [1.29, 1.82) is 0 Å². The topological polar surface area (TPSA) is 46.5 Å². The second kappa shape index (κ2) is 3.42. The van der Waals surface area contributed by atoms with Crippen molar-refractivity contribution in [2.24, 2.45) is 5.92 Å². The van der Waals surface area contributed by atoms with Crippen LogP contribution in [0, 0.1) is 5.92 Å². The molecule has 0 spiro atoms. The van der Waals surface area contributed by atoms with E-state index in [9.17, 15) is 9.90 Å². The van der Waals surface area contributed by atoms with Crippen LogP contribution in [0.2, 0.25) is 0 Å². The van der Waals surface area contributed by atoms with E-state index < -0.39 is 12.0 Å². The fraction of sp³-hybridized carbons (Fsp3) is 0.364. The first-order valence-corrected chi connectivity index (χ1v) is 4.57. The Labute approximate surface area is 82.3 Å². The molecule has 0 amide bonds. The van der Waals surface area contributed by atoms with E-state index in [0.717, 1.165) is 11.1 Å². The third kappa shape index (κ3) is 1.30. The first-order valence-electron chi connectivity index (χ1n) is 4.57. The SMILES string of the molecule is COC(=O)C1Cc2ccccc2C1O. The molecule has 3 heteroatoms. The molecule has 2 unspecified atom stereocenters. The molecule has 0 radical (unpaired) electrons. The van der Waals surface area contributed by atoms with Crippen LogP contribution in [0.5, 0.6) is 0 Å². The third-order valence-corrected chi connectivity index (χ3v) is 2.70. The number of hydrogen-bond acceptors (Lipinski definition) is 3. The zero-order chi connectivity index (χ0) is 10.1. The molecule has 2 rings (SSSR count). The minimum absolute atomic E-state index is 0.339. The van der Waals surface area contributed by atoms with E-state index in [1.165, 1.54) is 7.11 Å². The van der Waals surface area contributed by atoms with Crippen molar-refractivity contribution in [3.05, 3.63) is 35.4 Å². The van der Waals surface area contributed by atoms with Crippen LogP contribution < -0.4 is 0 Å². The number of methoxy groups -OCH3 is 1. The van der Waals surface area contributed by atoms with Gasteiger partial charge in [-0.15, -0.1) is 0 Å². The van der Waals surface area contributed by atoms with Gasteiger partial charge < -0.3 is 9.84 Å². The maximum absolute atomic E-state index is 11.3. The molecule has 0 heterocycles. The molecule has 1 aliphatic rings. The fourth-order valence-electron chi connectivity index (χ4n) is 1.94. The summed E-state index contributed by atoms with van der Waals surface area (Å²) in [5, 5.41) is 9.84. The lowest BCUT2D eigenvalue weighted by Crippen LogP contribution is -2.20. The standard InChI is InChI=1S/C11H12O3/c1-14-11(13)9-6-7-4-2-3-5-8(7)10(9)12/h2-5,9-10,12H,6H2,1H3. The first-order chi connectivity index (χ1) is 6.74. The number of carbonyl (C=O) groups excluding carboxylic acids is 1. The van der Waals surface area contributed by atoms with Gasteiger partial charge in [0.1, 0.15) is 0 Å². The Hall–Kier alpha value is -1.35. The summed E-state index contributed by atoms with van der Waals surface area (Å²) in [6, 6.07) is 7.55. The van der Waals surface area contributed by atoms with Crippen molar-refractivity contribution in [3.8, 4) is 0 Å². The van der Waals surface area contributed by atoms with E-state index in [1.54, 1.807) is 0 Å². The molecule has 2 atom stereocenters. The van der Waals surface area contributed by atoms with Crippen LogP contribution >= 0.6 is 0 Å². The number of carbonyl (C=O) groups is 1. The lowest BCUT2D eigenvalue weighted by atomic mass is 10.0. The van der Waals surface area contributed by atoms with E-state index >= 15 is 0 Å². The molecule has 0 saturated heterocycles. The third-order valence-electron chi connectivity index (χ3n) is 2.70. The van der Waals surface area contributed by atoms with Crippen LogP contribution in [0.4, 0.5) is 0 Å². The number of fused-ring (bicyclic) bond motifs is 1. The van der Waals surface area contributed by atoms with E-state index in [-0.39, 0.29) is 5.97 Å². The molecule has 1 aromatic carbocycles. The Kier molecular flexibility index (Phi) is 2.25. The largest absolute Gasteiger partial charge is 0.469 e. The molecule has 0 bridgehead atoms. The molecule has 14 heavy (non-hydrogen) atoms. The Morgan fingerprint density at radius 3 is 2.86 bits per heavy atom. The van der Waals surface area contributed by atoms with Gasteiger partial charge in [-0.25, -0.2) is 0 Å². The molecule has 1 aromatic rings. The van der Waals surface area contributed by atoms with Crippen LogP contribution in [-0.4, -0.2) is 18.2 Å². The van der Waals surface area contributed by atoms with Gasteiger partial charge in [-0.3, -0.25) is 4.79 Å². The van der Waals surface area contributed by atoms with E-state index in [2.05, 4.69) is 4.74 Å². The summed E-state index contributed by atoms with van der Waals surface area (Å²) < 4.78 is 4.64. The molecule has 0 saturated carbocycles. The van der Waals surface area contributed by atoms with Gasteiger partial charge in [0.15, 0.2) is 0 Å². The zero-order valence-electron chi connectivity index (χ0n) is 7.93. The average Bonchev–Trinajstić information content (AvgIpc) is 2.56. The van der Waals surface area contributed by atoms with Crippen molar-refractivity contribution in [2.45, 2.75) is 12.5 Å². The molecule has 0 aliphatic heterocycles. The quantitative estimate of drug-likeness (QED) is 0.677. The maximum Gasteiger partial charge on any atom is 0.311 e. The highest BCUT2D eigenvalue weighted by atomic mass is 16.5. The fourth-order valence-corrected chi connectivity index (χ4v) is 1.94. The predicted octanol–water partition coefficient (Wildman–Crippen LogP) is 1.07. The summed E-state index contributed by atoms with van der Waals surface area (Å²) in [6.07, 6.45) is -0.136. The number of esters is 1. The second-order valence-electron chi connectivity index (χ2n) is 3.48. The monoisotopic (exact) mass is 192 g/mol. The van der Waals surface area contributed by atoms with Crippen molar-refractivity contribution in [2.75, 3.05) is 7.11 Å². The first kappa shape index (κ1) is 9.21. The normalized spacial score (nSPS) is 24.4. The molecule has 0 fully saturated rings. The number of benzene rings is 1. The minimum Gasteiger partial charge on any atom is -0.469 e. The highest BCUT2D eigenvalue weighted by Gasteiger charge is 2.36. The summed E-state index contributed by atoms with van der Waals surface area (Å²) in [7, 11) is 1.35. The van der Waals surface area contributed by atoms with Crippen molar-refractivity contribution in [3.63, 3.8) is 0 Å². The molecule has 3 nitrogen and oxygen atoms in total. The highest BCUT2D eigenvalue weighted by molar-refractivity contribution is 5.75. The number of aliphatic hydroxyl groups excluding tert-OH is 1.